The van der Waals surface area contributed by atoms with E-state index in [9.17, 15) is 14.4 Å². The fourth-order valence-electron chi connectivity index (χ4n) is 5.03. The predicted octanol–water partition coefficient (Wildman–Crippen LogP) is 2.48. The Morgan fingerprint density at radius 3 is 2.27 bits per heavy atom. The fraction of sp³-hybridized carbons (Fsp3) is 0.423. The average Bonchev–Trinajstić information content (AvgIpc) is 3.17. The maximum absolute atomic E-state index is 13.1. The van der Waals surface area contributed by atoms with Crippen molar-refractivity contribution < 1.29 is 19.1 Å². The Morgan fingerprint density at radius 1 is 1.09 bits per heavy atom. The summed E-state index contributed by atoms with van der Waals surface area (Å²) in [7, 11) is 3.36. The van der Waals surface area contributed by atoms with E-state index in [1.807, 2.05) is 48.5 Å². The molecule has 2 N–H and O–H groups in total. The molecule has 2 heterocycles. The Labute approximate surface area is 194 Å². The van der Waals surface area contributed by atoms with E-state index in [1.54, 1.807) is 24.0 Å². The predicted molar refractivity (Wildman–Crippen MR) is 125 cm³/mol. The van der Waals surface area contributed by atoms with E-state index >= 15 is 0 Å². The summed E-state index contributed by atoms with van der Waals surface area (Å²) >= 11 is 0. The highest BCUT2D eigenvalue weighted by Gasteiger charge is 2.44. The Balaban J connectivity index is 1.49. The monoisotopic (exact) mass is 449 g/mol. The van der Waals surface area contributed by atoms with Crippen LogP contribution in [0.1, 0.15) is 24.8 Å². The number of piperidine rings is 1. The number of benzene rings is 2. The number of nitrogens with zero attached hydrogens (tertiary/aromatic N) is 2. The fourth-order valence-corrected chi connectivity index (χ4v) is 5.03. The van der Waals surface area contributed by atoms with Crippen LogP contribution in [0.2, 0.25) is 0 Å². The van der Waals surface area contributed by atoms with Crippen molar-refractivity contribution in [2.75, 3.05) is 33.8 Å². The van der Waals surface area contributed by atoms with Crippen molar-refractivity contribution in [3.63, 3.8) is 0 Å². The van der Waals surface area contributed by atoms with Crippen LogP contribution >= 0.6 is 0 Å². The number of rotatable bonds is 6. The summed E-state index contributed by atoms with van der Waals surface area (Å²) in [6, 6.07) is 16.0. The molecule has 2 aliphatic heterocycles. The molecule has 174 valence electrons. The zero-order chi connectivity index (χ0) is 23.6. The van der Waals surface area contributed by atoms with Crippen LogP contribution in [0.25, 0.3) is 11.1 Å². The van der Waals surface area contributed by atoms with E-state index in [-0.39, 0.29) is 30.1 Å². The SMILES string of the molecule is COc1ccc(-c2ccc(C[C@@]3(C(N)=O)CCCN(C(=O)[C@@H]4CC(=O)N(C)C4)C3)cc2)cc1. The van der Waals surface area contributed by atoms with E-state index in [2.05, 4.69) is 0 Å². The second-order valence-corrected chi connectivity index (χ2v) is 9.29. The van der Waals surface area contributed by atoms with Gasteiger partial charge in [0.15, 0.2) is 0 Å². The molecule has 2 saturated heterocycles. The van der Waals surface area contributed by atoms with E-state index < -0.39 is 5.41 Å². The smallest absolute Gasteiger partial charge is 0.228 e. The van der Waals surface area contributed by atoms with Gasteiger partial charge in [-0.2, -0.15) is 0 Å². The minimum Gasteiger partial charge on any atom is -0.497 e. The summed E-state index contributed by atoms with van der Waals surface area (Å²) in [4.78, 5) is 40.9. The molecular formula is C26H31N3O4. The van der Waals surface area contributed by atoms with Crippen molar-refractivity contribution in [2.45, 2.75) is 25.7 Å². The highest BCUT2D eigenvalue weighted by atomic mass is 16.5. The van der Waals surface area contributed by atoms with Gasteiger partial charge in [-0.15, -0.1) is 0 Å². The summed E-state index contributed by atoms with van der Waals surface area (Å²) in [5, 5.41) is 0. The Kier molecular flexibility index (Phi) is 6.40. The van der Waals surface area contributed by atoms with Gasteiger partial charge in [0.1, 0.15) is 5.75 Å². The van der Waals surface area contributed by atoms with Gasteiger partial charge >= 0.3 is 0 Å². The topological polar surface area (TPSA) is 92.9 Å². The molecule has 0 aliphatic carbocycles. The minimum absolute atomic E-state index is 0.0107. The average molecular weight is 450 g/mol. The number of ether oxygens (including phenoxy) is 1. The molecule has 2 aromatic carbocycles. The number of nitrogens with two attached hydrogens (primary N) is 1. The first-order valence-corrected chi connectivity index (χ1v) is 11.4. The van der Waals surface area contributed by atoms with Gasteiger partial charge in [0.25, 0.3) is 0 Å². The van der Waals surface area contributed by atoms with Crippen LogP contribution < -0.4 is 10.5 Å². The molecule has 4 rings (SSSR count). The molecule has 0 unspecified atom stereocenters. The van der Waals surface area contributed by atoms with Crippen LogP contribution in [-0.4, -0.2) is 61.3 Å². The summed E-state index contributed by atoms with van der Waals surface area (Å²) < 4.78 is 5.22. The van der Waals surface area contributed by atoms with E-state index in [0.29, 0.717) is 32.5 Å². The van der Waals surface area contributed by atoms with Crippen molar-refractivity contribution in [1.82, 2.24) is 9.80 Å². The van der Waals surface area contributed by atoms with Crippen molar-refractivity contribution in [3.8, 4) is 16.9 Å². The molecule has 0 radical (unpaired) electrons. The van der Waals surface area contributed by atoms with Crippen molar-refractivity contribution in [2.24, 2.45) is 17.1 Å². The Bertz CT molecular complexity index is 1030. The molecule has 3 amide bonds. The third-order valence-electron chi connectivity index (χ3n) is 7.02. The largest absolute Gasteiger partial charge is 0.497 e. The van der Waals surface area contributed by atoms with Crippen LogP contribution in [0, 0.1) is 11.3 Å². The first-order chi connectivity index (χ1) is 15.8. The molecule has 0 bridgehead atoms. The number of carbonyl (C=O) groups excluding carboxylic acids is 3. The lowest BCUT2D eigenvalue weighted by molar-refractivity contribution is -0.143. The highest BCUT2D eigenvalue weighted by Crippen LogP contribution is 2.35. The summed E-state index contributed by atoms with van der Waals surface area (Å²) in [5.74, 6) is 0.0361. The number of amides is 3. The van der Waals surface area contributed by atoms with Crippen molar-refractivity contribution in [1.29, 1.82) is 0 Å². The molecule has 33 heavy (non-hydrogen) atoms. The first kappa shape index (κ1) is 22.8. The zero-order valence-electron chi connectivity index (χ0n) is 19.3. The van der Waals surface area contributed by atoms with Crippen LogP contribution in [-0.2, 0) is 20.8 Å². The van der Waals surface area contributed by atoms with Gasteiger partial charge in [-0.05, 0) is 48.1 Å². The quantitative estimate of drug-likeness (QED) is 0.733. The van der Waals surface area contributed by atoms with Gasteiger partial charge in [0.05, 0.1) is 18.4 Å². The first-order valence-electron chi connectivity index (χ1n) is 11.4. The van der Waals surface area contributed by atoms with E-state index in [4.69, 9.17) is 10.5 Å². The maximum Gasteiger partial charge on any atom is 0.228 e. The second-order valence-electron chi connectivity index (χ2n) is 9.29. The number of primary amides is 1. The Morgan fingerprint density at radius 2 is 1.73 bits per heavy atom. The third-order valence-corrected chi connectivity index (χ3v) is 7.02. The van der Waals surface area contributed by atoms with Crippen LogP contribution in [0.15, 0.2) is 48.5 Å². The highest BCUT2D eigenvalue weighted by molar-refractivity contribution is 5.90. The second kappa shape index (κ2) is 9.25. The molecule has 2 aromatic rings. The van der Waals surface area contributed by atoms with Crippen molar-refractivity contribution >= 4 is 17.7 Å². The molecule has 0 spiro atoms. The van der Waals surface area contributed by atoms with Crippen LogP contribution in [0.3, 0.4) is 0 Å². The summed E-state index contributed by atoms with van der Waals surface area (Å²) in [6.07, 6.45) is 2.09. The summed E-state index contributed by atoms with van der Waals surface area (Å²) in [5.41, 5.74) is 8.27. The molecular weight excluding hydrogens is 418 g/mol. The van der Waals surface area contributed by atoms with Crippen LogP contribution in [0.5, 0.6) is 5.75 Å². The number of likely N-dealkylation sites (tertiary alicyclic amines) is 2. The van der Waals surface area contributed by atoms with Gasteiger partial charge in [0.2, 0.25) is 17.7 Å². The lowest BCUT2D eigenvalue weighted by atomic mass is 9.74. The molecule has 2 aliphatic rings. The number of hydrogen-bond acceptors (Lipinski definition) is 4. The van der Waals surface area contributed by atoms with Gasteiger partial charge in [-0.3, -0.25) is 14.4 Å². The minimum atomic E-state index is -0.802. The Hall–Kier alpha value is -3.35. The molecule has 0 saturated carbocycles. The van der Waals surface area contributed by atoms with E-state index in [0.717, 1.165) is 28.9 Å². The van der Waals surface area contributed by atoms with Gasteiger partial charge in [-0.1, -0.05) is 36.4 Å². The van der Waals surface area contributed by atoms with E-state index in [1.165, 1.54) is 0 Å². The van der Waals surface area contributed by atoms with Gasteiger partial charge in [0, 0.05) is 33.1 Å². The molecule has 7 nitrogen and oxygen atoms in total. The number of methoxy groups -OCH3 is 1. The molecule has 2 fully saturated rings. The molecule has 2 atom stereocenters. The normalized spacial score (nSPS) is 23.0. The standard InChI is InChI=1S/C26H31N3O4/c1-28-16-21(14-23(28)30)24(31)29-13-3-12-26(17-29,25(27)32)15-18-4-6-19(7-5-18)20-8-10-22(33-2)11-9-20/h4-11,21H,3,12-17H2,1-2H3,(H2,27,32)/t21-,26+/m1/s1. The van der Waals surface area contributed by atoms with Crippen molar-refractivity contribution in [3.05, 3.63) is 54.1 Å². The summed E-state index contributed by atoms with van der Waals surface area (Å²) in [6.45, 7) is 1.33. The lowest BCUT2D eigenvalue weighted by Gasteiger charge is -2.41. The number of carbonyl (C=O) groups is 3. The van der Waals surface area contributed by atoms with Gasteiger partial charge < -0.3 is 20.3 Å². The zero-order valence-corrected chi connectivity index (χ0v) is 19.3. The third kappa shape index (κ3) is 4.72. The number of hydrogen-bond donors (Lipinski definition) is 1. The maximum atomic E-state index is 13.1. The molecule has 0 aromatic heterocycles. The molecule has 7 heteroatoms. The van der Waals surface area contributed by atoms with Gasteiger partial charge in [-0.25, -0.2) is 0 Å². The van der Waals surface area contributed by atoms with Crippen LogP contribution in [0.4, 0.5) is 0 Å². The lowest BCUT2D eigenvalue weighted by Crippen LogP contribution is -2.54.